The molecular formula is C15H27N5O. The Morgan fingerprint density at radius 2 is 1.76 bits per heavy atom. The van der Waals surface area contributed by atoms with Gasteiger partial charge in [-0.05, 0) is 19.3 Å². The molecule has 118 valence electrons. The molecule has 0 unspecified atom stereocenters. The largest absolute Gasteiger partial charge is 0.388 e. The van der Waals surface area contributed by atoms with Crippen molar-refractivity contribution in [1.82, 2.24) is 9.97 Å². The van der Waals surface area contributed by atoms with Gasteiger partial charge in [0.15, 0.2) is 0 Å². The van der Waals surface area contributed by atoms with Gasteiger partial charge in [0.25, 0.3) is 0 Å². The molecule has 1 fully saturated rings. The number of nitrogens with zero attached hydrogens (tertiary/aromatic N) is 2. The predicted octanol–water partition coefficient (Wildman–Crippen LogP) is 2.38. The second kappa shape index (κ2) is 7.45. The molecule has 1 aromatic heterocycles. The smallest absolute Gasteiger partial charge is 0.223 e. The van der Waals surface area contributed by atoms with Gasteiger partial charge in [-0.25, -0.2) is 0 Å². The van der Waals surface area contributed by atoms with Crippen LogP contribution >= 0.6 is 0 Å². The lowest BCUT2D eigenvalue weighted by Crippen LogP contribution is -2.36. The van der Waals surface area contributed by atoms with Crippen molar-refractivity contribution in [2.45, 2.75) is 57.5 Å². The van der Waals surface area contributed by atoms with Crippen molar-refractivity contribution in [3.05, 3.63) is 6.07 Å². The number of aromatic nitrogens is 2. The summed E-state index contributed by atoms with van der Waals surface area (Å²) in [5.41, 5.74) is 5.10. The third-order valence-corrected chi connectivity index (χ3v) is 3.93. The van der Waals surface area contributed by atoms with Crippen LogP contribution in [0.1, 0.15) is 51.9 Å². The van der Waals surface area contributed by atoms with Gasteiger partial charge in [0, 0.05) is 19.2 Å². The van der Waals surface area contributed by atoms with Gasteiger partial charge in [-0.15, -0.1) is 0 Å². The lowest BCUT2D eigenvalue weighted by molar-refractivity contribution is 0.0380. The van der Waals surface area contributed by atoms with Crippen LogP contribution in [-0.4, -0.2) is 33.8 Å². The first kappa shape index (κ1) is 15.8. The molecule has 21 heavy (non-hydrogen) atoms. The average molecular weight is 293 g/mol. The van der Waals surface area contributed by atoms with E-state index < -0.39 is 5.60 Å². The van der Waals surface area contributed by atoms with Crippen molar-refractivity contribution in [3.8, 4) is 0 Å². The highest BCUT2D eigenvalue weighted by atomic mass is 16.3. The Morgan fingerprint density at radius 3 is 2.38 bits per heavy atom. The van der Waals surface area contributed by atoms with Gasteiger partial charge in [-0.1, -0.05) is 32.6 Å². The third-order valence-electron chi connectivity index (χ3n) is 3.93. The molecule has 1 aliphatic rings. The quantitative estimate of drug-likeness (QED) is 0.601. The van der Waals surface area contributed by atoms with Crippen LogP contribution in [0.25, 0.3) is 0 Å². The number of anilines is 3. The van der Waals surface area contributed by atoms with Crippen LogP contribution in [0.4, 0.5) is 17.6 Å². The minimum Gasteiger partial charge on any atom is -0.388 e. The van der Waals surface area contributed by atoms with E-state index in [1.54, 1.807) is 0 Å². The summed E-state index contributed by atoms with van der Waals surface area (Å²) < 4.78 is 0. The standard InChI is InChI=1S/C15H27N5O/c1-2-9-17-12-10-13(20-14(16)19-12)18-11-15(21)7-5-3-4-6-8-15/h10,21H,2-9,11H2,1H3,(H4,16,17,18,19,20). The maximum atomic E-state index is 10.6. The zero-order valence-corrected chi connectivity index (χ0v) is 12.9. The molecule has 0 bridgehead atoms. The van der Waals surface area contributed by atoms with Crippen LogP contribution < -0.4 is 16.4 Å². The van der Waals surface area contributed by atoms with Crippen molar-refractivity contribution in [2.75, 3.05) is 29.5 Å². The predicted molar refractivity (Wildman–Crippen MR) is 86.4 cm³/mol. The summed E-state index contributed by atoms with van der Waals surface area (Å²) in [6.07, 6.45) is 7.33. The summed E-state index contributed by atoms with van der Waals surface area (Å²) in [6, 6.07) is 1.84. The Hall–Kier alpha value is -1.56. The molecule has 5 N–H and O–H groups in total. The van der Waals surface area contributed by atoms with Crippen molar-refractivity contribution in [2.24, 2.45) is 0 Å². The molecular weight excluding hydrogens is 266 g/mol. The third kappa shape index (κ3) is 5.04. The fraction of sp³-hybridized carbons (Fsp3) is 0.733. The maximum absolute atomic E-state index is 10.6. The van der Waals surface area contributed by atoms with Gasteiger partial charge in [0.05, 0.1) is 5.60 Å². The second-order valence-corrected chi connectivity index (χ2v) is 5.92. The number of nitrogens with two attached hydrogens (primary N) is 1. The van der Waals surface area contributed by atoms with E-state index in [-0.39, 0.29) is 5.95 Å². The topological polar surface area (TPSA) is 96.1 Å². The number of nitrogens with one attached hydrogen (secondary N) is 2. The van der Waals surface area contributed by atoms with Gasteiger partial charge in [-0.2, -0.15) is 9.97 Å². The lowest BCUT2D eigenvalue weighted by Gasteiger charge is -2.27. The van der Waals surface area contributed by atoms with Gasteiger partial charge in [0.2, 0.25) is 5.95 Å². The van der Waals surface area contributed by atoms with Crippen LogP contribution in [0.2, 0.25) is 0 Å². The zero-order chi connectivity index (χ0) is 15.1. The highest BCUT2D eigenvalue weighted by Gasteiger charge is 2.27. The van der Waals surface area contributed by atoms with Gasteiger partial charge in [-0.3, -0.25) is 0 Å². The monoisotopic (exact) mass is 293 g/mol. The van der Waals surface area contributed by atoms with Crippen molar-refractivity contribution >= 4 is 17.6 Å². The molecule has 1 heterocycles. The Bertz CT molecular complexity index is 444. The van der Waals surface area contributed by atoms with Crippen molar-refractivity contribution in [1.29, 1.82) is 0 Å². The number of hydrogen-bond donors (Lipinski definition) is 4. The lowest BCUT2D eigenvalue weighted by atomic mass is 9.94. The normalized spacial score (nSPS) is 18.0. The van der Waals surface area contributed by atoms with Crippen LogP contribution in [0, 0.1) is 0 Å². The van der Waals surface area contributed by atoms with E-state index in [1.165, 1.54) is 12.8 Å². The van der Waals surface area contributed by atoms with Gasteiger partial charge in [0.1, 0.15) is 11.6 Å². The van der Waals surface area contributed by atoms with Crippen LogP contribution in [0.15, 0.2) is 6.07 Å². The highest BCUT2D eigenvalue weighted by molar-refractivity contribution is 5.51. The first-order valence-electron chi connectivity index (χ1n) is 7.96. The molecule has 6 nitrogen and oxygen atoms in total. The molecule has 1 aliphatic carbocycles. The van der Waals surface area contributed by atoms with Crippen molar-refractivity contribution in [3.63, 3.8) is 0 Å². The van der Waals surface area contributed by atoms with E-state index >= 15 is 0 Å². The zero-order valence-electron chi connectivity index (χ0n) is 12.9. The van der Waals surface area contributed by atoms with E-state index in [0.29, 0.717) is 12.4 Å². The fourth-order valence-corrected chi connectivity index (χ4v) is 2.72. The number of aliphatic hydroxyl groups is 1. The van der Waals surface area contributed by atoms with Gasteiger partial charge < -0.3 is 21.5 Å². The summed E-state index contributed by atoms with van der Waals surface area (Å²) in [5, 5.41) is 17.1. The maximum Gasteiger partial charge on any atom is 0.223 e. The summed E-state index contributed by atoms with van der Waals surface area (Å²) in [7, 11) is 0. The molecule has 1 saturated carbocycles. The van der Waals surface area contributed by atoms with Crippen LogP contribution in [0.5, 0.6) is 0 Å². The molecule has 2 rings (SSSR count). The van der Waals surface area contributed by atoms with Crippen molar-refractivity contribution < 1.29 is 5.11 Å². The van der Waals surface area contributed by atoms with Crippen LogP contribution in [-0.2, 0) is 0 Å². The second-order valence-electron chi connectivity index (χ2n) is 5.92. The number of hydrogen-bond acceptors (Lipinski definition) is 6. The van der Waals surface area contributed by atoms with E-state index in [1.807, 2.05) is 6.07 Å². The minimum atomic E-state index is -0.632. The fourth-order valence-electron chi connectivity index (χ4n) is 2.72. The molecule has 0 radical (unpaired) electrons. The molecule has 0 aromatic carbocycles. The Balaban J connectivity index is 1.96. The van der Waals surface area contributed by atoms with E-state index in [9.17, 15) is 5.11 Å². The number of nitrogen functional groups attached to an aromatic ring is 1. The molecule has 0 aliphatic heterocycles. The van der Waals surface area contributed by atoms with Crippen LogP contribution in [0.3, 0.4) is 0 Å². The Kier molecular flexibility index (Phi) is 5.61. The molecule has 0 atom stereocenters. The van der Waals surface area contributed by atoms with Gasteiger partial charge >= 0.3 is 0 Å². The first-order valence-corrected chi connectivity index (χ1v) is 7.96. The molecule has 1 aromatic rings. The Labute approximate surface area is 126 Å². The van der Waals surface area contributed by atoms with E-state index in [2.05, 4.69) is 27.5 Å². The summed E-state index contributed by atoms with van der Waals surface area (Å²) in [6.45, 7) is 3.45. The highest BCUT2D eigenvalue weighted by Crippen LogP contribution is 2.27. The molecule has 6 heteroatoms. The minimum absolute atomic E-state index is 0.242. The average Bonchev–Trinajstić information content (AvgIpc) is 2.68. The molecule has 0 spiro atoms. The number of rotatable bonds is 6. The SMILES string of the molecule is CCCNc1cc(NCC2(O)CCCCCC2)nc(N)n1. The Morgan fingerprint density at radius 1 is 1.14 bits per heavy atom. The van der Waals surface area contributed by atoms with E-state index in [0.717, 1.165) is 44.5 Å². The summed E-state index contributed by atoms with van der Waals surface area (Å²) in [5.74, 6) is 1.63. The first-order chi connectivity index (χ1) is 10.1. The molecule has 0 saturated heterocycles. The van der Waals surface area contributed by atoms with E-state index in [4.69, 9.17) is 5.73 Å². The molecule has 0 amide bonds. The summed E-state index contributed by atoms with van der Waals surface area (Å²) >= 11 is 0. The summed E-state index contributed by atoms with van der Waals surface area (Å²) in [4.78, 5) is 8.34.